The van der Waals surface area contributed by atoms with Gasteiger partial charge in [0.15, 0.2) is 0 Å². The summed E-state index contributed by atoms with van der Waals surface area (Å²) >= 11 is 2.22. The van der Waals surface area contributed by atoms with Crippen LogP contribution in [0.5, 0.6) is 0 Å². The van der Waals surface area contributed by atoms with E-state index in [0.717, 1.165) is 9.13 Å². The van der Waals surface area contributed by atoms with Crippen molar-refractivity contribution in [3.8, 4) is 11.5 Å². The van der Waals surface area contributed by atoms with Gasteiger partial charge in [0.1, 0.15) is 0 Å². The molecule has 0 aliphatic rings. The third kappa shape index (κ3) is 2.18. The van der Waals surface area contributed by atoms with Crippen LogP contribution in [0.4, 0.5) is 0 Å². The maximum atomic E-state index is 11.5. The predicted molar refractivity (Wildman–Crippen MR) is 69.3 cm³/mol. The maximum Gasteiger partial charge on any atom is 0.437 e. The number of benzene rings is 1. The SMILES string of the molecule is CC(C)n1nc(-c2ccc(I)cc2)oc1=O. The van der Waals surface area contributed by atoms with Crippen molar-refractivity contribution in [1.82, 2.24) is 9.78 Å². The number of nitrogens with zero attached hydrogens (tertiary/aromatic N) is 2. The molecule has 4 nitrogen and oxygen atoms in total. The lowest BCUT2D eigenvalue weighted by molar-refractivity contribution is 0.449. The molecule has 0 bridgehead atoms. The summed E-state index contributed by atoms with van der Waals surface area (Å²) in [6.45, 7) is 3.78. The highest BCUT2D eigenvalue weighted by Gasteiger charge is 2.11. The van der Waals surface area contributed by atoms with E-state index in [9.17, 15) is 4.79 Å². The van der Waals surface area contributed by atoms with Crippen molar-refractivity contribution in [1.29, 1.82) is 0 Å². The quantitative estimate of drug-likeness (QED) is 0.796. The lowest BCUT2D eigenvalue weighted by Crippen LogP contribution is -2.17. The van der Waals surface area contributed by atoms with Crippen molar-refractivity contribution in [2.45, 2.75) is 19.9 Å². The first-order valence-electron chi connectivity index (χ1n) is 4.93. The van der Waals surface area contributed by atoms with Gasteiger partial charge in [-0.1, -0.05) is 0 Å². The Balaban J connectivity index is 2.45. The van der Waals surface area contributed by atoms with Crippen LogP contribution < -0.4 is 5.76 Å². The van der Waals surface area contributed by atoms with Crippen LogP contribution in [-0.4, -0.2) is 9.78 Å². The van der Waals surface area contributed by atoms with E-state index < -0.39 is 5.76 Å². The summed E-state index contributed by atoms with van der Waals surface area (Å²) in [5.74, 6) is -0.0429. The van der Waals surface area contributed by atoms with Crippen molar-refractivity contribution >= 4 is 22.6 Å². The van der Waals surface area contributed by atoms with E-state index in [-0.39, 0.29) is 6.04 Å². The lowest BCUT2D eigenvalue weighted by Gasteiger charge is -1.99. The Bertz CT molecular complexity index is 540. The Morgan fingerprint density at radius 3 is 2.44 bits per heavy atom. The van der Waals surface area contributed by atoms with Crippen molar-refractivity contribution in [2.24, 2.45) is 0 Å². The van der Waals surface area contributed by atoms with Crippen molar-refractivity contribution in [3.63, 3.8) is 0 Å². The zero-order valence-corrected chi connectivity index (χ0v) is 11.1. The van der Waals surface area contributed by atoms with Crippen LogP contribution in [0, 0.1) is 3.57 Å². The van der Waals surface area contributed by atoms with Crippen LogP contribution in [0.15, 0.2) is 33.5 Å². The van der Waals surface area contributed by atoms with E-state index in [1.165, 1.54) is 4.68 Å². The fourth-order valence-electron chi connectivity index (χ4n) is 1.32. The van der Waals surface area contributed by atoms with E-state index in [2.05, 4.69) is 27.7 Å². The fourth-order valence-corrected chi connectivity index (χ4v) is 1.68. The number of rotatable bonds is 2. The molecule has 1 heterocycles. The van der Waals surface area contributed by atoms with E-state index >= 15 is 0 Å². The number of halogens is 1. The van der Waals surface area contributed by atoms with Gasteiger partial charge in [0.25, 0.3) is 0 Å². The molecule has 0 N–H and O–H groups in total. The molecule has 5 heteroatoms. The van der Waals surface area contributed by atoms with Gasteiger partial charge in [-0.2, -0.15) is 4.68 Å². The zero-order chi connectivity index (χ0) is 11.7. The van der Waals surface area contributed by atoms with Gasteiger partial charge in [-0.25, -0.2) is 4.79 Å². The minimum absolute atomic E-state index is 0.00819. The molecular formula is C11H11IN2O2. The zero-order valence-electron chi connectivity index (χ0n) is 8.98. The molecule has 16 heavy (non-hydrogen) atoms. The van der Waals surface area contributed by atoms with Crippen molar-refractivity contribution in [2.75, 3.05) is 0 Å². The normalized spacial score (nSPS) is 11.0. The smallest absolute Gasteiger partial charge is 0.388 e. The summed E-state index contributed by atoms with van der Waals surface area (Å²) in [5.41, 5.74) is 0.817. The van der Waals surface area contributed by atoms with Gasteiger partial charge in [0.2, 0.25) is 5.89 Å². The third-order valence-electron chi connectivity index (χ3n) is 2.15. The first-order valence-corrected chi connectivity index (χ1v) is 6.01. The van der Waals surface area contributed by atoms with Crippen LogP contribution in [0.2, 0.25) is 0 Å². The highest BCUT2D eigenvalue weighted by atomic mass is 127. The van der Waals surface area contributed by atoms with Gasteiger partial charge in [-0.3, -0.25) is 0 Å². The molecule has 1 aromatic carbocycles. The van der Waals surface area contributed by atoms with Gasteiger partial charge >= 0.3 is 5.76 Å². The van der Waals surface area contributed by atoms with Gasteiger partial charge in [-0.05, 0) is 60.7 Å². The van der Waals surface area contributed by atoms with Crippen molar-refractivity contribution in [3.05, 3.63) is 38.4 Å². The van der Waals surface area contributed by atoms with Crippen LogP contribution in [-0.2, 0) is 0 Å². The van der Waals surface area contributed by atoms with Gasteiger partial charge < -0.3 is 4.42 Å². The summed E-state index contributed by atoms with van der Waals surface area (Å²) < 4.78 is 7.57. The fraction of sp³-hybridized carbons (Fsp3) is 0.273. The second-order valence-corrected chi connectivity index (χ2v) is 4.96. The van der Waals surface area contributed by atoms with Gasteiger partial charge in [0.05, 0.1) is 6.04 Å². The van der Waals surface area contributed by atoms with E-state index in [0.29, 0.717) is 5.89 Å². The monoisotopic (exact) mass is 330 g/mol. The molecule has 0 aliphatic carbocycles. The van der Waals surface area contributed by atoms with Crippen LogP contribution in [0.25, 0.3) is 11.5 Å². The first kappa shape index (κ1) is 11.4. The molecule has 0 fully saturated rings. The van der Waals surface area contributed by atoms with Crippen LogP contribution in [0.1, 0.15) is 19.9 Å². The molecule has 1 aromatic heterocycles. The molecule has 2 rings (SSSR count). The Kier molecular flexibility index (Phi) is 3.13. The van der Waals surface area contributed by atoms with Gasteiger partial charge in [-0.15, -0.1) is 5.10 Å². The van der Waals surface area contributed by atoms with E-state index in [1.807, 2.05) is 38.1 Å². The van der Waals surface area contributed by atoms with E-state index in [1.54, 1.807) is 0 Å². The average Bonchev–Trinajstić information content (AvgIpc) is 2.61. The molecule has 0 radical (unpaired) electrons. The predicted octanol–water partition coefficient (Wildman–Crippen LogP) is 2.69. The molecule has 0 aliphatic heterocycles. The highest BCUT2D eigenvalue weighted by molar-refractivity contribution is 14.1. The number of hydrogen-bond acceptors (Lipinski definition) is 3. The Morgan fingerprint density at radius 2 is 1.94 bits per heavy atom. The third-order valence-corrected chi connectivity index (χ3v) is 2.87. The topological polar surface area (TPSA) is 48.0 Å². The minimum Gasteiger partial charge on any atom is -0.388 e. The standard InChI is InChI=1S/C11H11IN2O2/c1-7(2)14-11(15)16-10(13-14)8-3-5-9(12)6-4-8/h3-7H,1-2H3. The largest absolute Gasteiger partial charge is 0.437 e. The molecular weight excluding hydrogens is 319 g/mol. The molecule has 2 aromatic rings. The first-order chi connectivity index (χ1) is 7.58. The maximum absolute atomic E-state index is 11.5. The highest BCUT2D eigenvalue weighted by Crippen LogP contribution is 2.17. The second-order valence-electron chi connectivity index (χ2n) is 3.72. The van der Waals surface area contributed by atoms with E-state index in [4.69, 9.17) is 4.42 Å². The molecule has 0 amide bonds. The summed E-state index contributed by atoms with van der Waals surface area (Å²) in [4.78, 5) is 11.5. The Labute approximate surface area is 106 Å². The van der Waals surface area contributed by atoms with Gasteiger partial charge in [0, 0.05) is 9.13 Å². The Hall–Kier alpha value is -1.11. The molecule has 0 saturated carbocycles. The summed E-state index contributed by atoms with van der Waals surface area (Å²) in [7, 11) is 0. The molecule has 0 unspecified atom stereocenters. The summed E-state index contributed by atoms with van der Waals surface area (Å²) in [5, 5.41) is 4.14. The summed E-state index contributed by atoms with van der Waals surface area (Å²) in [6.07, 6.45) is 0. The van der Waals surface area contributed by atoms with Crippen molar-refractivity contribution < 1.29 is 4.42 Å². The number of aromatic nitrogens is 2. The minimum atomic E-state index is -0.413. The average molecular weight is 330 g/mol. The Morgan fingerprint density at radius 1 is 1.31 bits per heavy atom. The number of hydrogen-bond donors (Lipinski definition) is 0. The second kappa shape index (κ2) is 4.40. The van der Waals surface area contributed by atoms with Crippen LogP contribution in [0.3, 0.4) is 0 Å². The molecule has 84 valence electrons. The lowest BCUT2D eigenvalue weighted by atomic mass is 10.2. The van der Waals surface area contributed by atoms with Crippen LogP contribution >= 0.6 is 22.6 Å². The summed E-state index contributed by atoms with van der Waals surface area (Å²) in [6, 6.07) is 7.68. The molecule has 0 atom stereocenters. The molecule has 0 spiro atoms. The molecule has 0 saturated heterocycles.